The lowest BCUT2D eigenvalue weighted by Crippen LogP contribution is -2.05. The highest BCUT2D eigenvalue weighted by atomic mass is 35.5. The Morgan fingerprint density at radius 1 is 1.00 bits per heavy atom. The number of anilines is 5. The van der Waals surface area contributed by atoms with Gasteiger partial charge in [-0.3, -0.25) is 0 Å². The summed E-state index contributed by atoms with van der Waals surface area (Å²) in [5, 5.41) is 7.21. The van der Waals surface area contributed by atoms with E-state index in [9.17, 15) is 0 Å². The molecule has 3 aromatic rings. The Labute approximate surface area is 165 Å². The molecule has 3 rings (SSSR count). The Morgan fingerprint density at radius 3 is 2.37 bits per heavy atom. The predicted molar refractivity (Wildman–Crippen MR) is 114 cm³/mol. The van der Waals surface area contributed by atoms with Crippen molar-refractivity contribution < 1.29 is 0 Å². The number of nitrogen functional groups attached to an aromatic ring is 1. The number of aryl methyl sites for hydroxylation is 2. The molecule has 1 aromatic heterocycles. The van der Waals surface area contributed by atoms with E-state index in [0.29, 0.717) is 22.3 Å². The molecule has 0 fully saturated rings. The quantitative estimate of drug-likeness (QED) is 0.478. The van der Waals surface area contributed by atoms with Gasteiger partial charge in [-0.25, -0.2) is 9.97 Å². The zero-order valence-corrected chi connectivity index (χ0v) is 16.3. The maximum Gasteiger partial charge on any atom is 0.159 e. The van der Waals surface area contributed by atoms with E-state index in [-0.39, 0.29) is 0 Å². The molecule has 0 saturated carbocycles. The number of aromatic nitrogens is 2. The molecule has 0 amide bonds. The third kappa shape index (κ3) is 4.89. The van der Waals surface area contributed by atoms with Crippen LogP contribution in [0.3, 0.4) is 0 Å². The van der Waals surface area contributed by atoms with Crippen molar-refractivity contribution in [2.45, 2.75) is 33.1 Å². The molecule has 0 radical (unpaired) electrons. The second-order valence-corrected chi connectivity index (χ2v) is 6.93. The first-order valence-corrected chi connectivity index (χ1v) is 9.44. The van der Waals surface area contributed by atoms with Gasteiger partial charge in [-0.15, -0.1) is 0 Å². The number of halogens is 1. The van der Waals surface area contributed by atoms with Crippen LogP contribution in [0.1, 0.15) is 30.9 Å². The van der Waals surface area contributed by atoms with Gasteiger partial charge in [0.25, 0.3) is 0 Å². The number of benzene rings is 2. The SMILES string of the molecule is CCCCc1ccc(Nc2ncnc(Nc3ccc(Cl)cc3C)c2N)cc1. The summed E-state index contributed by atoms with van der Waals surface area (Å²) in [5.74, 6) is 1.12. The minimum atomic E-state index is 0.460. The van der Waals surface area contributed by atoms with Crippen LogP contribution in [0.25, 0.3) is 0 Å². The van der Waals surface area contributed by atoms with Gasteiger partial charge in [-0.1, -0.05) is 37.1 Å². The highest BCUT2D eigenvalue weighted by Gasteiger charge is 2.10. The molecule has 140 valence electrons. The lowest BCUT2D eigenvalue weighted by molar-refractivity contribution is 0.795. The first-order chi connectivity index (χ1) is 13.1. The van der Waals surface area contributed by atoms with Crippen LogP contribution in [-0.4, -0.2) is 9.97 Å². The third-order valence-corrected chi connectivity index (χ3v) is 4.60. The summed E-state index contributed by atoms with van der Waals surface area (Å²) in [7, 11) is 0. The molecule has 0 bridgehead atoms. The summed E-state index contributed by atoms with van der Waals surface area (Å²) in [6, 6.07) is 14.0. The largest absolute Gasteiger partial charge is 0.393 e. The monoisotopic (exact) mass is 381 g/mol. The molecular formula is C21H24ClN5. The summed E-state index contributed by atoms with van der Waals surface area (Å²) in [5.41, 5.74) is 10.9. The number of nitrogens with two attached hydrogens (primary N) is 1. The van der Waals surface area contributed by atoms with E-state index in [4.69, 9.17) is 17.3 Å². The van der Waals surface area contributed by atoms with E-state index in [1.54, 1.807) is 0 Å². The minimum Gasteiger partial charge on any atom is -0.393 e. The van der Waals surface area contributed by atoms with E-state index in [1.165, 1.54) is 24.7 Å². The topological polar surface area (TPSA) is 75.9 Å². The van der Waals surface area contributed by atoms with Gasteiger partial charge in [0.2, 0.25) is 0 Å². The van der Waals surface area contributed by atoms with Crippen molar-refractivity contribution in [3.05, 3.63) is 64.9 Å². The number of nitrogens with one attached hydrogen (secondary N) is 2. The maximum atomic E-state index is 6.28. The Balaban J connectivity index is 1.76. The van der Waals surface area contributed by atoms with Gasteiger partial charge in [-0.2, -0.15) is 0 Å². The van der Waals surface area contributed by atoms with Gasteiger partial charge >= 0.3 is 0 Å². The Hall–Kier alpha value is -2.79. The fraction of sp³-hybridized carbons (Fsp3) is 0.238. The van der Waals surface area contributed by atoms with E-state index in [1.807, 2.05) is 37.3 Å². The fourth-order valence-corrected chi connectivity index (χ4v) is 2.99. The molecule has 0 atom stereocenters. The summed E-state index contributed by atoms with van der Waals surface area (Å²) in [6.07, 6.45) is 4.98. The summed E-state index contributed by atoms with van der Waals surface area (Å²) in [4.78, 5) is 8.54. The Morgan fingerprint density at radius 2 is 1.70 bits per heavy atom. The van der Waals surface area contributed by atoms with Crippen molar-refractivity contribution >= 4 is 40.3 Å². The van der Waals surface area contributed by atoms with Crippen molar-refractivity contribution in [1.82, 2.24) is 9.97 Å². The van der Waals surface area contributed by atoms with E-state index < -0.39 is 0 Å². The second-order valence-electron chi connectivity index (χ2n) is 6.49. The minimum absolute atomic E-state index is 0.460. The number of hydrogen-bond acceptors (Lipinski definition) is 5. The molecule has 0 aliphatic heterocycles. The average Bonchev–Trinajstić information content (AvgIpc) is 2.66. The van der Waals surface area contributed by atoms with Gasteiger partial charge in [0.15, 0.2) is 11.6 Å². The smallest absolute Gasteiger partial charge is 0.159 e. The Bertz CT molecular complexity index is 909. The first kappa shape index (κ1) is 19.0. The van der Waals surface area contributed by atoms with Crippen molar-refractivity contribution in [3.8, 4) is 0 Å². The van der Waals surface area contributed by atoms with Crippen LogP contribution in [0.15, 0.2) is 48.8 Å². The molecule has 2 aromatic carbocycles. The van der Waals surface area contributed by atoms with Crippen LogP contribution in [-0.2, 0) is 6.42 Å². The second kappa shape index (κ2) is 8.73. The van der Waals surface area contributed by atoms with Gasteiger partial charge in [0.1, 0.15) is 12.0 Å². The number of rotatable bonds is 7. The number of nitrogens with zero attached hydrogens (tertiary/aromatic N) is 2. The van der Waals surface area contributed by atoms with E-state index in [2.05, 4.69) is 39.7 Å². The Kier molecular flexibility index (Phi) is 6.14. The van der Waals surface area contributed by atoms with Crippen LogP contribution in [0.2, 0.25) is 5.02 Å². The molecule has 27 heavy (non-hydrogen) atoms. The van der Waals surface area contributed by atoms with Gasteiger partial charge < -0.3 is 16.4 Å². The molecule has 5 nitrogen and oxygen atoms in total. The highest BCUT2D eigenvalue weighted by Crippen LogP contribution is 2.30. The lowest BCUT2D eigenvalue weighted by atomic mass is 10.1. The molecule has 0 aliphatic carbocycles. The standard InChI is InChI=1S/C21H24ClN5/c1-3-4-5-15-6-9-17(10-7-15)26-20-19(23)21(25-13-24-20)27-18-11-8-16(22)12-14(18)2/h6-13H,3-5,23H2,1-2H3,(H2,24,25,26,27). The van der Waals surface area contributed by atoms with Crippen molar-refractivity contribution in [1.29, 1.82) is 0 Å². The lowest BCUT2D eigenvalue weighted by Gasteiger charge is -2.14. The van der Waals surface area contributed by atoms with Gasteiger partial charge in [0.05, 0.1) is 0 Å². The van der Waals surface area contributed by atoms with E-state index in [0.717, 1.165) is 23.4 Å². The molecule has 0 spiro atoms. The molecule has 0 unspecified atom stereocenters. The van der Waals surface area contributed by atoms with Crippen LogP contribution in [0.4, 0.5) is 28.7 Å². The van der Waals surface area contributed by atoms with E-state index >= 15 is 0 Å². The molecule has 6 heteroatoms. The average molecular weight is 382 g/mol. The summed E-state index contributed by atoms with van der Waals surface area (Å²) < 4.78 is 0. The third-order valence-electron chi connectivity index (χ3n) is 4.36. The van der Waals surface area contributed by atoms with Crippen LogP contribution in [0.5, 0.6) is 0 Å². The number of unbranched alkanes of at least 4 members (excludes halogenated alkanes) is 1. The van der Waals surface area contributed by atoms with Crippen LogP contribution >= 0.6 is 11.6 Å². The normalized spacial score (nSPS) is 10.6. The summed E-state index contributed by atoms with van der Waals surface area (Å²) in [6.45, 7) is 4.18. The van der Waals surface area contributed by atoms with Crippen LogP contribution < -0.4 is 16.4 Å². The van der Waals surface area contributed by atoms with Crippen LogP contribution in [0, 0.1) is 6.92 Å². The zero-order valence-electron chi connectivity index (χ0n) is 15.6. The van der Waals surface area contributed by atoms with Crippen molar-refractivity contribution in [3.63, 3.8) is 0 Å². The first-order valence-electron chi connectivity index (χ1n) is 9.06. The maximum absolute atomic E-state index is 6.28. The predicted octanol–water partition coefficient (Wildman–Crippen LogP) is 5.85. The molecule has 4 N–H and O–H groups in total. The summed E-state index contributed by atoms with van der Waals surface area (Å²) >= 11 is 6.02. The highest BCUT2D eigenvalue weighted by molar-refractivity contribution is 6.30. The molecular weight excluding hydrogens is 358 g/mol. The molecule has 0 saturated heterocycles. The number of hydrogen-bond donors (Lipinski definition) is 3. The fourth-order valence-electron chi connectivity index (χ4n) is 2.76. The van der Waals surface area contributed by atoms with Crippen molar-refractivity contribution in [2.24, 2.45) is 0 Å². The molecule has 1 heterocycles. The zero-order chi connectivity index (χ0) is 19.2. The van der Waals surface area contributed by atoms with Gasteiger partial charge in [0, 0.05) is 16.4 Å². The van der Waals surface area contributed by atoms with Gasteiger partial charge in [-0.05, 0) is 61.2 Å². The van der Waals surface area contributed by atoms with Crippen molar-refractivity contribution in [2.75, 3.05) is 16.4 Å². The molecule has 0 aliphatic rings.